The molecule has 15 aromatic carbocycles. The van der Waals surface area contributed by atoms with E-state index in [1.807, 2.05) is 0 Å². The summed E-state index contributed by atoms with van der Waals surface area (Å²) in [5, 5.41) is 7.63. The van der Waals surface area contributed by atoms with Crippen LogP contribution < -0.4 is 31.1 Å². The zero-order valence-corrected chi connectivity index (χ0v) is 53.9. The fourth-order valence-electron chi connectivity index (χ4n) is 15.2. The Labute approximate surface area is 552 Å². The number of benzene rings is 15. The van der Waals surface area contributed by atoms with Crippen LogP contribution in [0.2, 0.25) is 0 Å². The van der Waals surface area contributed by atoms with E-state index in [0.717, 1.165) is 73.4 Å². The molecule has 0 unspecified atom stereocenters. The molecule has 0 saturated carbocycles. The Morgan fingerprint density at radius 2 is 0.723 bits per heavy atom. The van der Waals surface area contributed by atoms with Crippen molar-refractivity contribution in [2.24, 2.45) is 0 Å². The molecule has 0 fully saturated rings. The predicted octanol–water partition coefficient (Wildman–Crippen LogP) is 23.1. The summed E-state index contributed by atoms with van der Waals surface area (Å²) >= 11 is 0. The van der Waals surface area contributed by atoms with Crippen LogP contribution in [0, 0.1) is 0 Å². The molecule has 2 aliphatic rings. The molecule has 0 N–H and O–H groups in total. The quantitative estimate of drug-likeness (QED) is 0.0998. The highest BCUT2D eigenvalue weighted by Crippen LogP contribution is 2.55. The predicted molar refractivity (Wildman–Crippen MR) is 403 cm³/mol. The molecule has 0 aromatic heterocycles. The maximum Gasteiger partial charge on any atom is 0.252 e. The Morgan fingerprint density at radius 3 is 1.33 bits per heavy atom. The highest BCUT2D eigenvalue weighted by Gasteiger charge is 2.46. The van der Waals surface area contributed by atoms with E-state index in [1.54, 1.807) is 0 Å². The minimum Gasteiger partial charge on any atom is -0.311 e. The lowest BCUT2D eigenvalue weighted by molar-refractivity contribution is 0.590. The minimum absolute atomic E-state index is 0.153. The van der Waals surface area contributed by atoms with E-state index in [-0.39, 0.29) is 17.5 Å². The summed E-state index contributed by atoms with van der Waals surface area (Å²) in [7, 11) is 0. The topological polar surface area (TPSA) is 9.72 Å². The van der Waals surface area contributed by atoms with Gasteiger partial charge < -0.3 is 14.7 Å². The Bertz CT molecular complexity index is 5290. The van der Waals surface area contributed by atoms with Gasteiger partial charge in [0.25, 0.3) is 6.71 Å². The van der Waals surface area contributed by atoms with Crippen molar-refractivity contribution in [1.82, 2.24) is 0 Å². The molecule has 2 aliphatic heterocycles. The molecule has 0 saturated heterocycles. The third kappa shape index (κ3) is 9.50. The van der Waals surface area contributed by atoms with E-state index >= 15 is 0 Å². The molecule has 0 spiro atoms. The standard InChI is InChI=1S/C90H70BN3/c1-89(2,3)68-46-51-80(77(55-68)75-48-43-64-42-41-62-31-22-32-63-44-49-76(75)86(64)85(62)63)93-81-52-47-69(90(4,5)6)56-79(81)91-78-54-67(66-34-23-33-65(53-66)59-25-12-7-13-26-59)45-50-82(78)94(88-73(60-27-14-8-15-28-60)39-24-40-74(88)61-29-16-9-17-30-61)84-58-72(57-83(93)87(84)91)92(70-35-18-10-19-36-70)71-37-20-11-21-38-71/h7-58H,1-6H3. The van der Waals surface area contributed by atoms with Crippen molar-refractivity contribution in [2.75, 3.05) is 14.7 Å². The van der Waals surface area contributed by atoms with Gasteiger partial charge in [-0.1, -0.05) is 290 Å². The zero-order valence-electron chi connectivity index (χ0n) is 53.9. The molecule has 3 nitrogen and oxygen atoms in total. The number of fused-ring (bicyclic) bond motifs is 4. The van der Waals surface area contributed by atoms with Crippen LogP contribution in [0.15, 0.2) is 315 Å². The molecule has 0 radical (unpaired) electrons. The Kier molecular flexibility index (Phi) is 13.5. The molecule has 2 heterocycles. The first-order chi connectivity index (χ1) is 45.9. The monoisotopic (exact) mass is 1200 g/mol. The molecule has 0 atom stereocenters. The fraction of sp³-hybridized carbons (Fsp3) is 0.0889. The second-order valence-electron chi connectivity index (χ2n) is 27.6. The van der Waals surface area contributed by atoms with Gasteiger partial charge in [0.05, 0.1) is 17.1 Å². The van der Waals surface area contributed by atoms with Gasteiger partial charge in [0.2, 0.25) is 0 Å². The van der Waals surface area contributed by atoms with Crippen LogP contribution in [0.4, 0.5) is 51.2 Å². The van der Waals surface area contributed by atoms with E-state index in [9.17, 15) is 0 Å². The first-order valence-corrected chi connectivity index (χ1v) is 33.1. The molecule has 17 rings (SSSR count). The molecule has 4 heteroatoms. The summed E-state index contributed by atoms with van der Waals surface area (Å²) in [5.41, 5.74) is 27.7. The van der Waals surface area contributed by atoms with Crippen LogP contribution in [-0.4, -0.2) is 6.71 Å². The summed E-state index contributed by atoms with van der Waals surface area (Å²) in [4.78, 5) is 7.80. The van der Waals surface area contributed by atoms with Gasteiger partial charge in [0, 0.05) is 50.8 Å². The van der Waals surface area contributed by atoms with Crippen molar-refractivity contribution in [3.05, 3.63) is 327 Å². The van der Waals surface area contributed by atoms with Crippen LogP contribution in [0.5, 0.6) is 0 Å². The van der Waals surface area contributed by atoms with Crippen LogP contribution in [0.1, 0.15) is 52.7 Å². The van der Waals surface area contributed by atoms with E-state index in [4.69, 9.17) is 0 Å². The molecule has 15 aromatic rings. The van der Waals surface area contributed by atoms with Crippen molar-refractivity contribution in [3.8, 4) is 55.6 Å². The number of para-hydroxylation sites is 3. The van der Waals surface area contributed by atoms with E-state index in [2.05, 4.69) is 372 Å². The van der Waals surface area contributed by atoms with Gasteiger partial charge in [0.15, 0.2) is 0 Å². The Hall–Kier alpha value is -11.2. The second kappa shape index (κ2) is 22.3. The molecular weight excluding hydrogens is 1130 g/mol. The highest BCUT2D eigenvalue weighted by molar-refractivity contribution is 7.00. The van der Waals surface area contributed by atoms with E-state index in [0.29, 0.717) is 0 Å². The summed E-state index contributed by atoms with van der Waals surface area (Å²) in [6.45, 7) is 13.9. The molecule has 0 aliphatic carbocycles. The summed E-state index contributed by atoms with van der Waals surface area (Å²) < 4.78 is 0. The van der Waals surface area contributed by atoms with Crippen molar-refractivity contribution in [3.63, 3.8) is 0 Å². The summed E-state index contributed by atoms with van der Waals surface area (Å²) in [6.07, 6.45) is 0. The fourth-order valence-corrected chi connectivity index (χ4v) is 15.2. The molecule has 94 heavy (non-hydrogen) atoms. The lowest BCUT2D eigenvalue weighted by Crippen LogP contribution is -2.61. The Balaban J connectivity index is 1.04. The summed E-state index contributed by atoms with van der Waals surface area (Å²) in [5.74, 6) is 0. The van der Waals surface area contributed by atoms with Crippen LogP contribution in [0.3, 0.4) is 0 Å². The second-order valence-corrected chi connectivity index (χ2v) is 27.6. The number of rotatable bonds is 10. The summed E-state index contributed by atoms with van der Waals surface area (Å²) in [6, 6.07) is 119. The van der Waals surface area contributed by atoms with Gasteiger partial charge in [-0.2, -0.15) is 0 Å². The maximum absolute atomic E-state index is 2.67. The lowest BCUT2D eigenvalue weighted by atomic mass is 9.33. The van der Waals surface area contributed by atoms with Crippen LogP contribution >= 0.6 is 0 Å². The zero-order chi connectivity index (χ0) is 63.4. The van der Waals surface area contributed by atoms with Gasteiger partial charge in [-0.05, 0) is 176 Å². The highest BCUT2D eigenvalue weighted by atomic mass is 15.2. The van der Waals surface area contributed by atoms with Crippen LogP contribution in [-0.2, 0) is 10.8 Å². The van der Waals surface area contributed by atoms with Crippen molar-refractivity contribution >= 4 is 107 Å². The lowest BCUT2D eigenvalue weighted by Gasteiger charge is -2.46. The van der Waals surface area contributed by atoms with Gasteiger partial charge in [-0.15, -0.1) is 0 Å². The first-order valence-electron chi connectivity index (χ1n) is 33.1. The van der Waals surface area contributed by atoms with E-state index in [1.165, 1.54) is 93.2 Å². The average molecular weight is 1200 g/mol. The number of hydrogen-bond acceptors (Lipinski definition) is 3. The smallest absolute Gasteiger partial charge is 0.252 e. The third-order valence-electron chi connectivity index (χ3n) is 19.9. The number of nitrogens with zero attached hydrogens (tertiary/aromatic N) is 3. The molecular formula is C90H70BN3. The van der Waals surface area contributed by atoms with Gasteiger partial charge in [-0.3, -0.25) is 0 Å². The minimum atomic E-state index is -0.214. The maximum atomic E-state index is 2.67. The molecule has 0 amide bonds. The SMILES string of the molecule is CC(C)(C)c1ccc2c(c1)B1c3cc(-c4cccc(-c5ccccc5)c4)ccc3N(c3c(-c4ccccc4)cccc3-c3ccccc3)c3cc(N(c4ccccc4)c4ccccc4)cc(c31)N2c1ccc(C(C)(C)C)cc1-c1ccc2ccc3cccc4ccc1c2c34. The van der Waals surface area contributed by atoms with Crippen molar-refractivity contribution in [2.45, 2.75) is 52.4 Å². The normalized spacial score (nSPS) is 12.7. The number of hydrogen-bond donors (Lipinski definition) is 0. The van der Waals surface area contributed by atoms with Gasteiger partial charge in [0.1, 0.15) is 0 Å². The Morgan fingerprint density at radius 1 is 0.277 bits per heavy atom. The number of anilines is 9. The van der Waals surface area contributed by atoms with Gasteiger partial charge in [-0.25, -0.2) is 0 Å². The average Bonchev–Trinajstić information content (AvgIpc) is 0.689. The van der Waals surface area contributed by atoms with Crippen molar-refractivity contribution < 1.29 is 0 Å². The first kappa shape index (κ1) is 56.8. The van der Waals surface area contributed by atoms with E-state index < -0.39 is 0 Å². The van der Waals surface area contributed by atoms with Gasteiger partial charge >= 0.3 is 0 Å². The largest absolute Gasteiger partial charge is 0.311 e. The third-order valence-corrected chi connectivity index (χ3v) is 19.9. The molecule has 448 valence electrons. The molecule has 0 bridgehead atoms. The van der Waals surface area contributed by atoms with Crippen molar-refractivity contribution in [1.29, 1.82) is 0 Å². The van der Waals surface area contributed by atoms with Crippen LogP contribution in [0.25, 0.3) is 88.0 Å².